The maximum absolute atomic E-state index is 13.8. The van der Waals surface area contributed by atoms with Crippen molar-refractivity contribution in [2.24, 2.45) is 0 Å². The molecule has 3 amide bonds. The van der Waals surface area contributed by atoms with Crippen molar-refractivity contribution in [3.63, 3.8) is 0 Å². The monoisotopic (exact) mass is 703 g/mol. The van der Waals surface area contributed by atoms with Gasteiger partial charge in [0, 0.05) is 33.8 Å². The maximum atomic E-state index is 13.8. The lowest BCUT2D eigenvalue weighted by Gasteiger charge is -2.19. The third kappa shape index (κ3) is 9.49. The minimum Gasteiger partial charge on any atom is -0.497 e. The van der Waals surface area contributed by atoms with Gasteiger partial charge in [0.05, 0.1) is 34.1 Å². The van der Waals surface area contributed by atoms with E-state index in [9.17, 15) is 14.4 Å². The lowest BCUT2D eigenvalue weighted by atomic mass is 10.1. The fourth-order valence-corrected chi connectivity index (χ4v) is 6.02. The van der Waals surface area contributed by atoms with Crippen molar-refractivity contribution in [1.29, 1.82) is 0 Å². The second-order valence-corrected chi connectivity index (χ2v) is 12.1. The Morgan fingerprint density at radius 2 is 1.27 bits per heavy atom. The van der Waals surface area contributed by atoms with Crippen LogP contribution in [-0.2, 0) is 9.59 Å². The molecule has 0 bridgehead atoms. The number of carbonyl (C=O) groups excluding carboxylic acids is 3. The number of methoxy groups -OCH3 is 4. The summed E-state index contributed by atoms with van der Waals surface area (Å²) in [5, 5.41) is 7.98. The van der Waals surface area contributed by atoms with Crippen LogP contribution in [0.1, 0.15) is 26.7 Å². The summed E-state index contributed by atoms with van der Waals surface area (Å²) >= 11 is 1.35. The average Bonchev–Trinajstić information content (AvgIpc) is 3.17. The fourth-order valence-electron chi connectivity index (χ4n) is 5.00. The Balaban J connectivity index is 1.37. The average molecular weight is 704 g/mol. The van der Waals surface area contributed by atoms with Gasteiger partial charge >= 0.3 is 0 Å². The number of benzene rings is 5. The number of anilines is 2. The zero-order valence-corrected chi connectivity index (χ0v) is 29.3. The molecule has 0 aromatic heterocycles. The Hall–Kier alpha value is -6.20. The summed E-state index contributed by atoms with van der Waals surface area (Å²) in [7, 11) is 6.14. The van der Waals surface area contributed by atoms with Gasteiger partial charge in [0.15, 0.2) is 0 Å². The van der Waals surface area contributed by atoms with Gasteiger partial charge in [-0.1, -0.05) is 48.5 Å². The highest BCUT2D eigenvalue weighted by Gasteiger charge is 2.24. The lowest BCUT2D eigenvalue weighted by molar-refractivity contribution is -0.116. The van der Waals surface area contributed by atoms with E-state index in [0.717, 1.165) is 10.5 Å². The van der Waals surface area contributed by atoms with E-state index in [-0.39, 0.29) is 11.6 Å². The molecule has 0 saturated carbocycles. The van der Waals surface area contributed by atoms with Crippen LogP contribution in [0.2, 0.25) is 0 Å². The summed E-state index contributed by atoms with van der Waals surface area (Å²) < 4.78 is 21.6. The van der Waals surface area contributed by atoms with E-state index < -0.39 is 17.1 Å². The first kappa shape index (κ1) is 36.1. The van der Waals surface area contributed by atoms with Crippen LogP contribution in [0.4, 0.5) is 11.4 Å². The van der Waals surface area contributed by atoms with Crippen molar-refractivity contribution in [1.82, 2.24) is 5.32 Å². The number of amides is 3. The third-order valence-corrected chi connectivity index (χ3v) is 8.91. The van der Waals surface area contributed by atoms with Crippen LogP contribution in [0.15, 0.2) is 132 Å². The number of hydrogen-bond donors (Lipinski definition) is 3. The Morgan fingerprint density at radius 3 is 1.92 bits per heavy atom. The Morgan fingerprint density at radius 1 is 0.647 bits per heavy atom. The molecule has 0 heterocycles. The van der Waals surface area contributed by atoms with Crippen LogP contribution in [-0.4, -0.2) is 46.2 Å². The van der Waals surface area contributed by atoms with Crippen molar-refractivity contribution in [3.8, 4) is 23.0 Å². The van der Waals surface area contributed by atoms with Crippen LogP contribution in [0.3, 0.4) is 0 Å². The molecule has 10 nitrogen and oxygen atoms in total. The molecule has 5 aromatic carbocycles. The molecule has 0 fully saturated rings. The Labute approximate surface area is 300 Å². The van der Waals surface area contributed by atoms with E-state index in [1.165, 1.54) is 26.0 Å². The summed E-state index contributed by atoms with van der Waals surface area (Å²) in [4.78, 5) is 41.3. The van der Waals surface area contributed by atoms with E-state index >= 15 is 0 Å². The minimum absolute atomic E-state index is 0.000412. The summed E-state index contributed by atoms with van der Waals surface area (Å²) in [6.07, 6.45) is 1.54. The van der Waals surface area contributed by atoms with Crippen LogP contribution in [0, 0.1) is 0 Å². The summed E-state index contributed by atoms with van der Waals surface area (Å²) in [6, 6.07) is 35.5. The first-order valence-corrected chi connectivity index (χ1v) is 16.7. The van der Waals surface area contributed by atoms with Crippen LogP contribution >= 0.6 is 11.8 Å². The van der Waals surface area contributed by atoms with Gasteiger partial charge in [-0.05, 0) is 72.3 Å². The summed E-state index contributed by atoms with van der Waals surface area (Å²) in [5.74, 6) is 0.853. The van der Waals surface area contributed by atoms with E-state index in [1.54, 1.807) is 99.2 Å². The highest BCUT2D eigenvalue weighted by molar-refractivity contribution is 8.00. The first-order valence-electron chi connectivity index (χ1n) is 15.8. The lowest BCUT2D eigenvalue weighted by Crippen LogP contribution is -2.30. The highest BCUT2D eigenvalue weighted by atomic mass is 32.2. The number of hydrogen-bond acceptors (Lipinski definition) is 8. The van der Waals surface area contributed by atoms with Gasteiger partial charge < -0.3 is 34.9 Å². The molecule has 1 atom stereocenters. The molecule has 3 N–H and O–H groups in total. The molecule has 5 rings (SSSR count). The second kappa shape index (κ2) is 17.5. The van der Waals surface area contributed by atoms with Crippen molar-refractivity contribution in [3.05, 3.63) is 144 Å². The van der Waals surface area contributed by atoms with E-state index in [0.29, 0.717) is 45.5 Å². The maximum Gasteiger partial charge on any atom is 0.272 e. The van der Waals surface area contributed by atoms with Gasteiger partial charge in [-0.25, -0.2) is 0 Å². The van der Waals surface area contributed by atoms with Crippen molar-refractivity contribution in [2.75, 3.05) is 39.1 Å². The van der Waals surface area contributed by atoms with E-state index in [2.05, 4.69) is 16.0 Å². The largest absolute Gasteiger partial charge is 0.497 e. The van der Waals surface area contributed by atoms with Crippen LogP contribution in [0.5, 0.6) is 23.0 Å². The molecule has 11 heteroatoms. The SMILES string of the molecule is COc1ccc(OC)c(NC(=O)C(Sc2ccc(NC(=O)/C(=C/c3ccc(OC)cc3OC)NC(=O)c3ccccc3)cc2)c2ccccc2)c1. The molecule has 0 saturated heterocycles. The van der Waals surface area contributed by atoms with Gasteiger partial charge in [0.2, 0.25) is 5.91 Å². The van der Waals surface area contributed by atoms with Crippen molar-refractivity contribution < 1.29 is 33.3 Å². The predicted molar refractivity (Wildman–Crippen MR) is 200 cm³/mol. The first-order chi connectivity index (χ1) is 24.8. The van der Waals surface area contributed by atoms with Gasteiger partial charge in [-0.3, -0.25) is 14.4 Å². The number of nitrogens with one attached hydrogen (secondary N) is 3. The number of ether oxygens (including phenoxy) is 4. The van der Waals surface area contributed by atoms with Gasteiger partial charge in [0.25, 0.3) is 11.8 Å². The normalized spacial score (nSPS) is 11.5. The minimum atomic E-state index is -0.621. The van der Waals surface area contributed by atoms with Crippen LogP contribution in [0.25, 0.3) is 6.08 Å². The number of thioether (sulfide) groups is 1. The standard InChI is InChI=1S/C40H37N3O7S/c1-47-30-19-22-35(49-3)33(24-30)42-40(46)37(26-11-7-5-8-12-26)51-32-20-16-29(17-21-32)41-39(45)34(43-38(44)27-13-9-6-10-14-27)23-28-15-18-31(48-2)25-36(28)50-4/h5-25,37H,1-4H3,(H,41,45)(H,42,46)(H,43,44)/b34-23-. The van der Waals surface area contributed by atoms with Gasteiger partial charge in [-0.2, -0.15) is 0 Å². The van der Waals surface area contributed by atoms with E-state index in [1.807, 2.05) is 42.5 Å². The highest BCUT2D eigenvalue weighted by Crippen LogP contribution is 2.38. The second-order valence-electron chi connectivity index (χ2n) is 10.9. The molecule has 1 unspecified atom stereocenters. The summed E-state index contributed by atoms with van der Waals surface area (Å²) in [5.41, 5.74) is 2.71. The zero-order valence-electron chi connectivity index (χ0n) is 28.5. The Kier molecular flexibility index (Phi) is 12.4. The molecule has 0 aliphatic rings. The zero-order chi connectivity index (χ0) is 36.2. The molecule has 51 heavy (non-hydrogen) atoms. The molecule has 0 radical (unpaired) electrons. The molecular formula is C40H37N3O7S. The summed E-state index contributed by atoms with van der Waals surface area (Å²) in [6.45, 7) is 0. The molecule has 5 aromatic rings. The van der Waals surface area contributed by atoms with Crippen LogP contribution < -0.4 is 34.9 Å². The smallest absolute Gasteiger partial charge is 0.272 e. The quantitative estimate of drug-likeness (QED) is 0.0798. The molecule has 0 spiro atoms. The molecule has 0 aliphatic heterocycles. The van der Waals surface area contributed by atoms with Gasteiger partial charge in [-0.15, -0.1) is 11.8 Å². The number of rotatable bonds is 14. The van der Waals surface area contributed by atoms with Crippen molar-refractivity contribution >= 4 is 46.9 Å². The molecule has 260 valence electrons. The molecular weight excluding hydrogens is 667 g/mol. The number of carbonyl (C=O) groups is 3. The van der Waals surface area contributed by atoms with Gasteiger partial charge in [0.1, 0.15) is 33.9 Å². The third-order valence-electron chi connectivity index (χ3n) is 7.64. The topological polar surface area (TPSA) is 124 Å². The molecule has 0 aliphatic carbocycles. The van der Waals surface area contributed by atoms with Crippen molar-refractivity contribution in [2.45, 2.75) is 10.1 Å². The Bertz CT molecular complexity index is 2000. The fraction of sp³-hybridized carbons (Fsp3) is 0.125. The predicted octanol–water partition coefficient (Wildman–Crippen LogP) is 7.60. The van der Waals surface area contributed by atoms with E-state index in [4.69, 9.17) is 18.9 Å².